The summed E-state index contributed by atoms with van der Waals surface area (Å²) in [5, 5.41) is 3.24. The molecule has 4 aromatic rings. The van der Waals surface area contributed by atoms with Gasteiger partial charge in [0.05, 0.1) is 10.7 Å². The van der Waals surface area contributed by atoms with E-state index in [1.165, 1.54) is 11.1 Å². The van der Waals surface area contributed by atoms with Gasteiger partial charge in [0.25, 0.3) is 5.91 Å². The maximum Gasteiger partial charge on any atom is 0.262 e. The van der Waals surface area contributed by atoms with E-state index in [0.717, 1.165) is 23.1 Å². The predicted octanol–water partition coefficient (Wildman–Crippen LogP) is 7.80. The van der Waals surface area contributed by atoms with Gasteiger partial charge < -0.3 is 14.5 Å². The number of hydrogen-bond donors (Lipinski definition) is 1. The van der Waals surface area contributed by atoms with Crippen molar-refractivity contribution in [3.8, 4) is 17.2 Å². The van der Waals surface area contributed by atoms with E-state index in [-0.39, 0.29) is 12.5 Å². The lowest BCUT2D eigenvalue weighted by atomic mass is 9.98. The molecule has 3 aromatic carbocycles. The minimum Gasteiger partial charge on any atom is -0.484 e. The summed E-state index contributed by atoms with van der Waals surface area (Å²) in [7, 11) is 0. The summed E-state index contributed by atoms with van der Waals surface area (Å²) in [6.45, 7) is 8.50. The summed E-state index contributed by atoms with van der Waals surface area (Å²) in [6.07, 6.45) is 1.06. The number of aromatic nitrogens is 1. The van der Waals surface area contributed by atoms with Crippen molar-refractivity contribution in [2.24, 2.45) is 0 Å². The number of benzene rings is 3. The first-order valence-electron chi connectivity index (χ1n) is 11.6. The monoisotopic (exact) mass is 476 g/mol. The van der Waals surface area contributed by atoms with Crippen LogP contribution in [0.2, 0.25) is 5.02 Å². The molecule has 176 valence electrons. The highest BCUT2D eigenvalue weighted by atomic mass is 35.5. The van der Waals surface area contributed by atoms with Crippen molar-refractivity contribution < 1.29 is 13.9 Å². The molecule has 0 aliphatic heterocycles. The lowest BCUT2D eigenvalue weighted by Gasteiger charge is -2.11. The first kappa shape index (κ1) is 23.8. The van der Waals surface area contributed by atoms with Gasteiger partial charge in [0.2, 0.25) is 5.89 Å². The summed E-state index contributed by atoms with van der Waals surface area (Å²) >= 11 is 6.34. The van der Waals surface area contributed by atoms with E-state index in [0.29, 0.717) is 34.2 Å². The zero-order valence-corrected chi connectivity index (χ0v) is 20.6. The summed E-state index contributed by atoms with van der Waals surface area (Å²) in [5.74, 6) is 1.71. The Bertz CT molecular complexity index is 1300. The molecule has 1 aromatic heterocycles. The minimum absolute atomic E-state index is 0.122. The van der Waals surface area contributed by atoms with Crippen molar-refractivity contribution in [1.29, 1.82) is 0 Å². The molecule has 0 aliphatic carbocycles. The summed E-state index contributed by atoms with van der Waals surface area (Å²) < 4.78 is 11.6. The van der Waals surface area contributed by atoms with E-state index >= 15 is 0 Å². The molecule has 0 saturated heterocycles. The van der Waals surface area contributed by atoms with Crippen LogP contribution in [0.25, 0.3) is 22.6 Å². The number of ether oxygens (including phenoxy) is 1. The molecule has 1 heterocycles. The van der Waals surface area contributed by atoms with E-state index < -0.39 is 0 Å². The van der Waals surface area contributed by atoms with Crippen LogP contribution in [0.5, 0.6) is 5.75 Å². The predicted molar refractivity (Wildman–Crippen MR) is 138 cm³/mol. The Morgan fingerprint density at radius 2 is 1.76 bits per heavy atom. The molecule has 1 N–H and O–H groups in total. The van der Waals surface area contributed by atoms with Gasteiger partial charge in [-0.05, 0) is 71.8 Å². The van der Waals surface area contributed by atoms with Crippen LogP contribution >= 0.6 is 11.6 Å². The number of nitrogens with one attached hydrogen (secondary N) is 1. The van der Waals surface area contributed by atoms with Crippen molar-refractivity contribution in [2.75, 3.05) is 11.9 Å². The van der Waals surface area contributed by atoms with Gasteiger partial charge >= 0.3 is 0 Å². The molecule has 5 nitrogen and oxygen atoms in total. The highest BCUT2D eigenvalue weighted by Crippen LogP contribution is 2.32. The Labute approximate surface area is 205 Å². The van der Waals surface area contributed by atoms with Gasteiger partial charge in [0, 0.05) is 5.56 Å². The van der Waals surface area contributed by atoms with Crippen molar-refractivity contribution in [2.45, 2.75) is 46.0 Å². The normalized spacial score (nSPS) is 12.2. The number of anilines is 1. The van der Waals surface area contributed by atoms with Gasteiger partial charge in [-0.1, -0.05) is 57.5 Å². The number of rotatable bonds is 8. The number of fused-ring (bicyclic) bond motifs is 1. The smallest absolute Gasteiger partial charge is 0.262 e. The second kappa shape index (κ2) is 10.3. The van der Waals surface area contributed by atoms with Crippen LogP contribution in [-0.2, 0) is 4.79 Å². The number of carbonyl (C=O) groups is 1. The average molecular weight is 477 g/mol. The van der Waals surface area contributed by atoms with Gasteiger partial charge in [-0.15, -0.1) is 0 Å². The fraction of sp³-hybridized carbons (Fsp3) is 0.286. The molecular formula is C28H29ClN2O3. The Balaban J connectivity index is 1.47. The van der Waals surface area contributed by atoms with E-state index in [9.17, 15) is 4.79 Å². The topological polar surface area (TPSA) is 64.4 Å². The second-order valence-corrected chi connectivity index (χ2v) is 9.22. The molecule has 1 atom stereocenters. The maximum absolute atomic E-state index is 12.5. The highest BCUT2D eigenvalue weighted by Gasteiger charge is 2.14. The lowest BCUT2D eigenvalue weighted by molar-refractivity contribution is -0.118. The van der Waals surface area contributed by atoms with Gasteiger partial charge in [0.1, 0.15) is 11.3 Å². The summed E-state index contributed by atoms with van der Waals surface area (Å²) in [6, 6.07) is 19.2. The lowest BCUT2D eigenvalue weighted by Crippen LogP contribution is -2.20. The molecule has 0 spiro atoms. The molecular weight excluding hydrogens is 448 g/mol. The number of halogens is 1. The number of hydrogen-bond acceptors (Lipinski definition) is 4. The Morgan fingerprint density at radius 1 is 1.03 bits per heavy atom. The molecule has 0 bridgehead atoms. The third-order valence-electron chi connectivity index (χ3n) is 6.00. The quantitative estimate of drug-likeness (QED) is 0.281. The van der Waals surface area contributed by atoms with Crippen LogP contribution in [0, 0.1) is 0 Å². The van der Waals surface area contributed by atoms with Gasteiger partial charge in [-0.25, -0.2) is 4.98 Å². The third kappa shape index (κ3) is 5.42. The van der Waals surface area contributed by atoms with E-state index in [2.05, 4.69) is 50.1 Å². The Kier molecular flexibility index (Phi) is 7.23. The number of amides is 1. The molecule has 4 rings (SSSR count). The van der Waals surface area contributed by atoms with E-state index in [1.54, 1.807) is 12.1 Å². The fourth-order valence-corrected chi connectivity index (χ4v) is 3.81. The standard InChI is InChI=1S/C28H29ClN2O3/c1-5-18(4)20-9-13-26-25(14-20)31-28(34-26)21-8-12-23(29)24(15-21)30-27(32)16-33-22-10-6-19(7-11-22)17(2)3/h6-15,17-18H,5,16H2,1-4H3,(H,30,32)/t18-/m1/s1. The van der Waals surface area contributed by atoms with E-state index in [1.807, 2.05) is 36.4 Å². The zero-order valence-electron chi connectivity index (χ0n) is 19.9. The number of nitrogens with zero attached hydrogens (tertiary/aromatic N) is 1. The Hall–Kier alpha value is -3.31. The fourth-order valence-electron chi connectivity index (χ4n) is 3.65. The highest BCUT2D eigenvalue weighted by molar-refractivity contribution is 6.33. The second-order valence-electron chi connectivity index (χ2n) is 8.81. The van der Waals surface area contributed by atoms with Crippen LogP contribution < -0.4 is 10.1 Å². The Morgan fingerprint density at radius 3 is 2.47 bits per heavy atom. The molecule has 6 heteroatoms. The van der Waals surface area contributed by atoms with Crippen molar-refractivity contribution in [1.82, 2.24) is 4.98 Å². The third-order valence-corrected chi connectivity index (χ3v) is 6.33. The SMILES string of the molecule is CC[C@@H](C)c1ccc2oc(-c3ccc(Cl)c(NC(=O)COc4ccc(C(C)C)cc4)c3)nc2c1. The van der Waals surface area contributed by atoms with Crippen LogP contribution in [0.3, 0.4) is 0 Å². The zero-order chi connectivity index (χ0) is 24.2. The van der Waals surface area contributed by atoms with Gasteiger partial charge in [-0.2, -0.15) is 0 Å². The van der Waals surface area contributed by atoms with Crippen molar-refractivity contribution in [3.63, 3.8) is 0 Å². The number of oxazole rings is 1. The van der Waals surface area contributed by atoms with Crippen molar-refractivity contribution >= 4 is 34.3 Å². The van der Waals surface area contributed by atoms with Gasteiger partial charge in [0.15, 0.2) is 12.2 Å². The van der Waals surface area contributed by atoms with Crippen LogP contribution in [0.1, 0.15) is 57.1 Å². The maximum atomic E-state index is 12.5. The molecule has 0 aliphatic rings. The molecule has 1 amide bonds. The first-order valence-corrected chi connectivity index (χ1v) is 11.9. The molecule has 0 radical (unpaired) electrons. The number of carbonyl (C=O) groups excluding carboxylic acids is 1. The van der Waals surface area contributed by atoms with Crippen molar-refractivity contribution in [3.05, 3.63) is 76.8 Å². The molecule has 0 unspecified atom stereocenters. The molecule has 0 fully saturated rings. The van der Waals surface area contributed by atoms with Crippen LogP contribution in [0.4, 0.5) is 5.69 Å². The molecule has 34 heavy (non-hydrogen) atoms. The van der Waals surface area contributed by atoms with Crippen LogP contribution in [0.15, 0.2) is 65.1 Å². The summed E-state index contributed by atoms with van der Waals surface area (Å²) in [4.78, 5) is 17.2. The average Bonchev–Trinajstić information content (AvgIpc) is 3.27. The minimum atomic E-state index is -0.303. The van der Waals surface area contributed by atoms with Gasteiger partial charge in [-0.3, -0.25) is 4.79 Å². The van der Waals surface area contributed by atoms with E-state index in [4.69, 9.17) is 20.8 Å². The largest absolute Gasteiger partial charge is 0.484 e. The first-order chi connectivity index (χ1) is 16.3. The summed E-state index contributed by atoms with van der Waals surface area (Å²) in [5.41, 5.74) is 5.19. The molecule has 0 saturated carbocycles. The van der Waals surface area contributed by atoms with Crippen LogP contribution in [-0.4, -0.2) is 17.5 Å².